The molecule has 1 aromatic heterocycles. The number of halogens is 3. The van der Waals surface area contributed by atoms with Crippen molar-refractivity contribution in [1.29, 1.82) is 0 Å². The van der Waals surface area contributed by atoms with Crippen LogP contribution in [-0.2, 0) is 22.2 Å². The molecule has 1 unspecified atom stereocenters. The highest BCUT2D eigenvalue weighted by atomic mass is 32.1. The molecule has 3 aromatic rings. The number of aliphatic hydroxyl groups is 1. The first-order chi connectivity index (χ1) is 15.6. The molecule has 1 aliphatic heterocycles. The van der Waals surface area contributed by atoms with Crippen molar-refractivity contribution in [3.63, 3.8) is 0 Å². The van der Waals surface area contributed by atoms with Gasteiger partial charge in [0.05, 0.1) is 11.1 Å². The Morgan fingerprint density at radius 3 is 2.36 bits per heavy atom. The number of Topliss-reactive ketones (excluding diaryl/α,β-unsaturated/α-hetero) is 1. The molecular weight excluding hydrogens is 451 g/mol. The molecule has 4 nitrogen and oxygen atoms in total. The maximum absolute atomic E-state index is 13.3. The third kappa shape index (κ3) is 4.06. The number of rotatable bonds is 4. The van der Waals surface area contributed by atoms with Gasteiger partial charge in [0.1, 0.15) is 11.8 Å². The van der Waals surface area contributed by atoms with Crippen LogP contribution in [0.25, 0.3) is 5.76 Å². The maximum Gasteiger partial charge on any atom is 0.416 e. The lowest BCUT2D eigenvalue weighted by molar-refractivity contribution is -0.137. The summed E-state index contributed by atoms with van der Waals surface area (Å²) in [4.78, 5) is 27.8. The van der Waals surface area contributed by atoms with E-state index in [0.29, 0.717) is 10.4 Å². The molecule has 1 saturated heterocycles. The number of aliphatic hydroxyl groups excluding tert-OH is 1. The van der Waals surface area contributed by atoms with Gasteiger partial charge < -0.3 is 5.11 Å². The topological polar surface area (TPSA) is 57.6 Å². The van der Waals surface area contributed by atoms with Gasteiger partial charge in [-0.25, -0.2) is 0 Å². The second-order valence-corrected chi connectivity index (χ2v) is 8.68. The number of alkyl halides is 3. The van der Waals surface area contributed by atoms with Crippen molar-refractivity contribution in [2.75, 3.05) is 4.90 Å². The van der Waals surface area contributed by atoms with Crippen LogP contribution in [0.4, 0.5) is 18.9 Å². The number of benzene rings is 2. The number of hydrogen-bond acceptors (Lipinski definition) is 4. The van der Waals surface area contributed by atoms with Crippen LogP contribution in [0.1, 0.15) is 40.1 Å². The molecule has 4 rings (SSSR count). The minimum Gasteiger partial charge on any atom is -0.507 e. The number of ketones is 1. The highest BCUT2D eigenvalue weighted by molar-refractivity contribution is 7.10. The van der Waals surface area contributed by atoms with Crippen molar-refractivity contribution in [2.45, 2.75) is 32.5 Å². The zero-order valence-electron chi connectivity index (χ0n) is 17.8. The maximum atomic E-state index is 13.3. The Balaban J connectivity index is 1.92. The predicted molar refractivity (Wildman–Crippen MR) is 121 cm³/mol. The minimum atomic E-state index is -4.61. The van der Waals surface area contributed by atoms with Crippen molar-refractivity contribution in [3.8, 4) is 0 Å². The fourth-order valence-corrected chi connectivity index (χ4v) is 4.92. The van der Waals surface area contributed by atoms with Gasteiger partial charge in [0.2, 0.25) is 0 Å². The molecule has 1 amide bonds. The van der Waals surface area contributed by atoms with Crippen molar-refractivity contribution in [3.05, 3.63) is 92.7 Å². The Morgan fingerprint density at radius 1 is 1.09 bits per heavy atom. The number of thiophene rings is 1. The Labute approximate surface area is 192 Å². The monoisotopic (exact) mass is 471 g/mol. The summed E-state index contributed by atoms with van der Waals surface area (Å²) in [7, 11) is 0. The molecule has 2 aromatic carbocycles. The number of anilines is 1. The van der Waals surface area contributed by atoms with E-state index in [1.54, 1.807) is 30.5 Å². The summed E-state index contributed by atoms with van der Waals surface area (Å²) >= 11 is 1.27. The van der Waals surface area contributed by atoms with Crippen LogP contribution in [-0.4, -0.2) is 16.8 Å². The van der Waals surface area contributed by atoms with Gasteiger partial charge in [-0.1, -0.05) is 37.3 Å². The highest BCUT2D eigenvalue weighted by Crippen LogP contribution is 2.45. The fourth-order valence-electron chi connectivity index (χ4n) is 3.90. The molecular formula is C25H20F3NO3S. The van der Waals surface area contributed by atoms with E-state index in [4.69, 9.17) is 0 Å². The molecule has 33 heavy (non-hydrogen) atoms. The van der Waals surface area contributed by atoms with Gasteiger partial charge in [-0.05, 0) is 54.1 Å². The number of nitrogens with zero attached hydrogens (tertiary/aromatic N) is 1. The van der Waals surface area contributed by atoms with E-state index in [1.165, 1.54) is 23.5 Å². The van der Waals surface area contributed by atoms with E-state index in [0.717, 1.165) is 34.6 Å². The number of carbonyl (C=O) groups excluding carboxylic acids is 2. The van der Waals surface area contributed by atoms with Crippen molar-refractivity contribution >= 4 is 34.5 Å². The second-order valence-electron chi connectivity index (χ2n) is 7.74. The summed E-state index contributed by atoms with van der Waals surface area (Å²) in [5.41, 5.74) is 1.00. The van der Waals surface area contributed by atoms with E-state index in [-0.39, 0.29) is 17.0 Å². The Morgan fingerprint density at radius 2 is 1.79 bits per heavy atom. The SMILES string of the molecule is CCc1ccc(/C(O)=C2/C(=O)C(=O)N(c3cccc(C(F)(F)F)c3)C2c2sccc2C)cc1. The zero-order valence-corrected chi connectivity index (χ0v) is 18.6. The quantitative estimate of drug-likeness (QED) is 0.277. The lowest BCUT2D eigenvalue weighted by atomic mass is 9.97. The second kappa shape index (κ2) is 8.51. The van der Waals surface area contributed by atoms with Crippen LogP contribution < -0.4 is 4.90 Å². The number of carbonyl (C=O) groups is 2. The van der Waals surface area contributed by atoms with Gasteiger partial charge in [-0.2, -0.15) is 13.2 Å². The summed E-state index contributed by atoms with van der Waals surface area (Å²) in [5.74, 6) is -2.29. The van der Waals surface area contributed by atoms with Gasteiger partial charge in [0, 0.05) is 16.1 Å². The molecule has 1 fully saturated rings. The third-order valence-electron chi connectivity index (χ3n) is 5.68. The van der Waals surface area contributed by atoms with Crippen LogP contribution in [0.5, 0.6) is 0 Å². The molecule has 8 heteroatoms. The van der Waals surface area contributed by atoms with E-state index in [1.807, 2.05) is 19.1 Å². The van der Waals surface area contributed by atoms with Gasteiger partial charge in [0.15, 0.2) is 0 Å². The van der Waals surface area contributed by atoms with Crippen LogP contribution in [0, 0.1) is 6.92 Å². The lowest BCUT2D eigenvalue weighted by Crippen LogP contribution is -2.29. The van der Waals surface area contributed by atoms with Gasteiger partial charge in [-0.15, -0.1) is 11.3 Å². The molecule has 1 atom stereocenters. The Kier molecular flexibility index (Phi) is 5.88. The molecule has 0 aliphatic carbocycles. The van der Waals surface area contributed by atoms with Crippen LogP contribution in [0.2, 0.25) is 0 Å². The molecule has 2 heterocycles. The standard InChI is InChI=1S/C25H20F3NO3S/c1-3-15-7-9-16(10-8-15)21(30)19-20(23-14(2)11-12-33-23)29(24(32)22(19)31)18-6-4-5-17(13-18)25(26,27)28/h4-13,20,30H,3H2,1-2H3/b21-19-. The minimum absolute atomic E-state index is 0.0647. The number of aryl methyl sites for hydroxylation is 2. The molecule has 0 saturated carbocycles. The zero-order chi connectivity index (χ0) is 23.9. The van der Waals surface area contributed by atoms with Crippen LogP contribution in [0.15, 0.2) is 65.6 Å². The molecule has 0 spiro atoms. The van der Waals surface area contributed by atoms with E-state index < -0.39 is 29.5 Å². The summed E-state index contributed by atoms with van der Waals surface area (Å²) in [6, 6.07) is 12.0. The smallest absolute Gasteiger partial charge is 0.416 e. The third-order valence-corrected chi connectivity index (χ3v) is 6.75. The summed E-state index contributed by atoms with van der Waals surface area (Å²) in [5, 5.41) is 12.9. The molecule has 170 valence electrons. The van der Waals surface area contributed by atoms with Gasteiger partial charge >= 0.3 is 6.18 Å². The fraction of sp³-hybridized carbons (Fsp3) is 0.200. The number of hydrogen-bond donors (Lipinski definition) is 1. The average molecular weight is 472 g/mol. The molecule has 1 aliphatic rings. The van der Waals surface area contributed by atoms with E-state index in [9.17, 15) is 27.9 Å². The Hall–Kier alpha value is -3.39. The molecule has 1 N–H and O–H groups in total. The van der Waals surface area contributed by atoms with Crippen LogP contribution >= 0.6 is 11.3 Å². The highest BCUT2D eigenvalue weighted by Gasteiger charge is 2.48. The van der Waals surface area contributed by atoms with Crippen molar-refractivity contribution in [2.24, 2.45) is 0 Å². The largest absolute Gasteiger partial charge is 0.507 e. The Bertz CT molecular complexity index is 1260. The number of amides is 1. The first-order valence-corrected chi connectivity index (χ1v) is 11.1. The average Bonchev–Trinajstić information content (AvgIpc) is 3.33. The van der Waals surface area contributed by atoms with Gasteiger partial charge in [-0.3, -0.25) is 14.5 Å². The first kappa shape index (κ1) is 22.8. The van der Waals surface area contributed by atoms with E-state index >= 15 is 0 Å². The summed E-state index contributed by atoms with van der Waals surface area (Å²) in [6.45, 7) is 3.77. The van der Waals surface area contributed by atoms with Crippen LogP contribution in [0.3, 0.4) is 0 Å². The van der Waals surface area contributed by atoms with Crippen molar-refractivity contribution < 1.29 is 27.9 Å². The normalized spacial score (nSPS) is 18.2. The predicted octanol–water partition coefficient (Wildman–Crippen LogP) is 6.26. The molecule has 0 bridgehead atoms. The van der Waals surface area contributed by atoms with Gasteiger partial charge in [0.25, 0.3) is 11.7 Å². The summed E-state index contributed by atoms with van der Waals surface area (Å²) < 4.78 is 40.0. The molecule has 0 radical (unpaired) electrons. The summed E-state index contributed by atoms with van der Waals surface area (Å²) in [6.07, 6.45) is -3.83. The van der Waals surface area contributed by atoms with Crippen molar-refractivity contribution in [1.82, 2.24) is 0 Å². The first-order valence-electron chi connectivity index (χ1n) is 10.2. The van der Waals surface area contributed by atoms with E-state index in [2.05, 4.69) is 0 Å². The lowest BCUT2D eigenvalue weighted by Gasteiger charge is -2.25.